The second-order valence-electron chi connectivity index (χ2n) is 5.85. The molecule has 0 aliphatic carbocycles. The normalized spacial score (nSPS) is 14.5. The smallest absolute Gasteiger partial charge is 0.318 e. The van der Waals surface area contributed by atoms with Crippen LogP contribution in [0.3, 0.4) is 0 Å². The molecule has 0 radical (unpaired) electrons. The number of carboxylic acids is 5. The second kappa shape index (κ2) is 10.3. The Balaban J connectivity index is 5.21. The summed E-state index contributed by atoms with van der Waals surface area (Å²) in [6, 6.07) is 0. The quantitative estimate of drug-likeness (QED) is 0.294. The highest BCUT2D eigenvalue weighted by Crippen LogP contribution is 2.29. The van der Waals surface area contributed by atoms with Gasteiger partial charge in [0.15, 0.2) is 5.92 Å². The monoisotopic (exact) mass is 362 g/mol. The van der Waals surface area contributed by atoms with Gasteiger partial charge in [0.25, 0.3) is 0 Å². The van der Waals surface area contributed by atoms with Crippen molar-refractivity contribution in [2.75, 3.05) is 0 Å². The summed E-state index contributed by atoms with van der Waals surface area (Å²) in [6.45, 7) is 1.20. The summed E-state index contributed by atoms with van der Waals surface area (Å²) < 4.78 is 0. The van der Waals surface area contributed by atoms with Gasteiger partial charge in [-0.15, -0.1) is 0 Å². The molecule has 0 fully saturated rings. The third-order valence-electron chi connectivity index (χ3n) is 4.13. The SMILES string of the molecule is CC(C(=O)O)C(CCC(CCCC(=O)O)C(C(=O)O)C(=O)O)C(=O)O. The van der Waals surface area contributed by atoms with Crippen LogP contribution in [0.2, 0.25) is 0 Å². The summed E-state index contributed by atoms with van der Waals surface area (Å²) in [5.74, 6) is -12.4. The summed E-state index contributed by atoms with van der Waals surface area (Å²) >= 11 is 0. The molecular formula is C15H22O10. The fraction of sp³-hybridized carbons (Fsp3) is 0.667. The number of hydrogen-bond acceptors (Lipinski definition) is 5. The maximum Gasteiger partial charge on any atom is 0.318 e. The summed E-state index contributed by atoms with van der Waals surface area (Å²) in [6.07, 6.45) is -0.669. The van der Waals surface area contributed by atoms with E-state index in [1.54, 1.807) is 0 Å². The molecule has 0 aliphatic heterocycles. The van der Waals surface area contributed by atoms with E-state index in [1.165, 1.54) is 6.92 Å². The van der Waals surface area contributed by atoms with Gasteiger partial charge in [0.2, 0.25) is 0 Å². The average molecular weight is 362 g/mol. The van der Waals surface area contributed by atoms with Gasteiger partial charge in [-0.25, -0.2) is 0 Å². The Morgan fingerprint density at radius 3 is 1.60 bits per heavy atom. The highest BCUT2D eigenvalue weighted by Gasteiger charge is 2.37. The van der Waals surface area contributed by atoms with Crippen LogP contribution in [0.5, 0.6) is 0 Å². The van der Waals surface area contributed by atoms with Crippen molar-refractivity contribution in [3.05, 3.63) is 0 Å². The zero-order valence-electron chi connectivity index (χ0n) is 13.6. The molecule has 25 heavy (non-hydrogen) atoms. The Bertz CT molecular complexity index is 512. The van der Waals surface area contributed by atoms with Gasteiger partial charge in [0.05, 0.1) is 11.8 Å². The zero-order valence-corrected chi connectivity index (χ0v) is 13.6. The van der Waals surface area contributed by atoms with Crippen LogP contribution in [-0.2, 0) is 24.0 Å². The molecule has 3 unspecified atom stereocenters. The first kappa shape index (κ1) is 22.4. The van der Waals surface area contributed by atoms with Crippen LogP contribution < -0.4 is 0 Å². The molecule has 0 rings (SSSR count). The third kappa shape index (κ3) is 7.64. The highest BCUT2D eigenvalue weighted by molar-refractivity contribution is 5.93. The van der Waals surface area contributed by atoms with E-state index >= 15 is 0 Å². The Kier molecular flexibility index (Phi) is 9.18. The minimum absolute atomic E-state index is 0.0310. The fourth-order valence-electron chi connectivity index (χ4n) is 2.66. The minimum atomic E-state index is -1.82. The van der Waals surface area contributed by atoms with Crippen molar-refractivity contribution in [1.29, 1.82) is 0 Å². The lowest BCUT2D eigenvalue weighted by atomic mass is 9.80. The standard InChI is InChI=1S/C15H22O10/c1-7(12(18)19)9(13(20)21)6-5-8(3-2-4-10(16)17)11(14(22)23)15(24)25/h7-9,11H,2-6H2,1H3,(H,16,17)(H,18,19)(H,20,21)(H,22,23)(H,24,25). The molecule has 5 N–H and O–H groups in total. The molecule has 0 saturated heterocycles. The molecule has 0 spiro atoms. The van der Waals surface area contributed by atoms with E-state index in [0.29, 0.717) is 0 Å². The molecule has 0 aromatic carbocycles. The van der Waals surface area contributed by atoms with Crippen LogP contribution in [-0.4, -0.2) is 55.4 Å². The van der Waals surface area contributed by atoms with E-state index in [0.717, 1.165) is 0 Å². The van der Waals surface area contributed by atoms with E-state index in [-0.39, 0.29) is 32.1 Å². The minimum Gasteiger partial charge on any atom is -0.481 e. The third-order valence-corrected chi connectivity index (χ3v) is 4.13. The van der Waals surface area contributed by atoms with Crippen molar-refractivity contribution in [1.82, 2.24) is 0 Å². The van der Waals surface area contributed by atoms with Crippen LogP contribution in [0, 0.1) is 23.7 Å². The largest absolute Gasteiger partial charge is 0.481 e. The number of carboxylic acid groups (broad SMARTS) is 5. The van der Waals surface area contributed by atoms with Gasteiger partial charge in [0, 0.05) is 6.42 Å². The Morgan fingerprint density at radius 1 is 0.720 bits per heavy atom. The molecule has 0 heterocycles. The summed E-state index contributed by atoms with van der Waals surface area (Å²) in [5.41, 5.74) is 0. The van der Waals surface area contributed by atoms with Crippen molar-refractivity contribution in [2.24, 2.45) is 23.7 Å². The first-order valence-electron chi connectivity index (χ1n) is 7.62. The molecule has 10 nitrogen and oxygen atoms in total. The van der Waals surface area contributed by atoms with E-state index in [4.69, 9.17) is 25.5 Å². The summed E-state index contributed by atoms with van der Waals surface area (Å²) in [5, 5.41) is 44.9. The van der Waals surface area contributed by atoms with Crippen molar-refractivity contribution in [2.45, 2.75) is 39.0 Å². The van der Waals surface area contributed by atoms with Crippen LogP contribution in [0.1, 0.15) is 39.0 Å². The van der Waals surface area contributed by atoms with Crippen molar-refractivity contribution in [3.8, 4) is 0 Å². The van der Waals surface area contributed by atoms with E-state index in [9.17, 15) is 24.0 Å². The Labute approximate surface area is 143 Å². The van der Waals surface area contributed by atoms with Crippen molar-refractivity contribution in [3.63, 3.8) is 0 Å². The van der Waals surface area contributed by atoms with Gasteiger partial charge in [0.1, 0.15) is 0 Å². The van der Waals surface area contributed by atoms with E-state index in [1.807, 2.05) is 0 Å². The first-order valence-corrected chi connectivity index (χ1v) is 7.62. The van der Waals surface area contributed by atoms with Gasteiger partial charge < -0.3 is 25.5 Å². The van der Waals surface area contributed by atoms with Gasteiger partial charge in [-0.05, 0) is 31.6 Å². The van der Waals surface area contributed by atoms with Crippen LogP contribution in [0.25, 0.3) is 0 Å². The highest BCUT2D eigenvalue weighted by atomic mass is 16.4. The Hall–Kier alpha value is -2.65. The van der Waals surface area contributed by atoms with Crippen molar-refractivity contribution < 1.29 is 49.5 Å². The second-order valence-corrected chi connectivity index (χ2v) is 5.85. The molecule has 0 bridgehead atoms. The number of hydrogen-bond donors (Lipinski definition) is 5. The summed E-state index contributed by atoms with van der Waals surface area (Å²) in [7, 11) is 0. The van der Waals surface area contributed by atoms with E-state index in [2.05, 4.69) is 0 Å². The average Bonchev–Trinajstić information content (AvgIpc) is 2.44. The molecule has 0 aromatic heterocycles. The lowest BCUT2D eigenvalue weighted by Crippen LogP contribution is -2.33. The molecule has 0 aliphatic rings. The van der Waals surface area contributed by atoms with Crippen LogP contribution >= 0.6 is 0 Å². The van der Waals surface area contributed by atoms with Gasteiger partial charge in [-0.1, -0.05) is 6.92 Å². The molecule has 0 aromatic rings. The van der Waals surface area contributed by atoms with Gasteiger partial charge >= 0.3 is 29.8 Å². The van der Waals surface area contributed by atoms with Crippen LogP contribution in [0.15, 0.2) is 0 Å². The van der Waals surface area contributed by atoms with Gasteiger partial charge in [-0.2, -0.15) is 0 Å². The number of aliphatic carboxylic acids is 5. The first-order chi connectivity index (χ1) is 11.5. The maximum absolute atomic E-state index is 11.2. The van der Waals surface area contributed by atoms with Crippen molar-refractivity contribution >= 4 is 29.8 Å². The molecule has 3 atom stereocenters. The molecule has 0 saturated carbocycles. The summed E-state index contributed by atoms with van der Waals surface area (Å²) in [4.78, 5) is 55.1. The van der Waals surface area contributed by atoms with Crippen LogP contribution in [0.4, 0.5) is 0 Å². The predicted molar refractivity (Wildman–Crippen MR) is 80.9 cm³/mol. The van der Waals surface area contributed by atoms with E-state index < -0.39 is 53.5 Å². The van der Waals surface area contributed by atoms with Gasteiger partial charge in [-0.3, -0.25) is 24.0 Å². The lowest BCUT2D eigenvalue weighted by molar-refractivity contribution is -0.158. The molecule has 10 heteroatoms. The number of rotatable bonds is 13. The molecular weight excluding hydrogens is 340 g/mol. The predicted octanol–water partition coefficient (Wildman–Crippen LogP) is 0.845. The maximum atomic E-state index is 11.2. The lowest BCUT2D eigenvalue weighted by Gasteiger charge is -2.23. The Morgan fingerprint density at radius 2 is 1.24 bits per heavy atom. The number of carbonyl (C=O) groups is 5. The molecule has 142 valence electrons. The topological polar surface area (TPSA) is 186 Å². The zero-order chi connectivity index (χ0) is 19.7. The molecule has 0 amide bonds. The fourth-order valence-corrected chi connectivity index (χ4v) is 2.66.